The Morgan fingerprint density at radius 3 is 1.53 bits per heavy atom. The summed E-state index contributed by atoms with van der Waals surface area (Å²) in [5.74, 6) is -12.3. The minimum absolute atomic E-state index is 0. The van der Waals surface area contributed by atoms with Crippen LogP contribution >= 0.6 is 0 Å². The van der Waals surface area contributed by atoms with E-state index >= 15 is 0 Å². The van der Waals surface area contributed by atoms with Crippen molar-refractivity contribution in [1.82, 2.24) is 0 Å². The molecule has 0 heterocycles. The average Bonchev–Trinajstić information content (AvgIpc) is 2.57. The van der Waals surface area contributed by atoms with Crippen molar-refractivity contribution >= 4 is 99.4 Å². The second-order valence-corrected chi connectivity index (χ2v) is 3.81. The standard InChI is InChI=1S/C9H10O8.2Ca/c10-5(11)3-1-2-9(7(14)15,8(16)17)4(3)6(12)13;;/h3-4H,1-2H2,(H,10,11)(H,12,13)(H,14,15)(H,16,17);;/q;2*+2/p-4. The molecule has 0 N–H and O–H groups in total. The Bertz CT molecular complexity index is 393. The van der Waals surface area contributed by atoms with Gasteiger partial charge in [0.2, 0.25) is 0 Å². The molecule has 10 heteroatoms. The summed E-state index contributed by atoms with van der Waals surface area (Å²) in [5.41, 5.74) is -2.89. The smallest absolute Gasteiger partial charge is 0.550 e. The Morgan fingerprint density at radius 2 is 1.26 bits per heavy atom. The van der Waals surface area contributed by atoms with Gasteiger partial charge >= 0.3 is 75.5 Å². The van der Waals surface area contributed by atoms with Crippen LogP contribution in [0.4, 0.5) is 0 Å². The van der Waals surface area contributed by atoms with Crippen molar-refractivity contribution in [2.45, 2.75) is 12.8 Å². The predicted octanol–water partition coefficient (Wildman–Crippen LogP) is -6.76. The van der Waals surface area contributed by atoms with Crippen molar-refractivity contribution in [3.8, 4) is 0 Å². The van der Waals surface area contributed by atoms with E-state index < -0.39 is 54.0 Å². The van der Waals surface area contributed by atoms with Gasteiger partial charge in [0.05, 0.1) is 17.4 Å². The number of carbonyl (C=O) groups excluding carboxylic acids is 4. The van der Waals surface area contributed by atoms with E-state index in [9.17, 15) is 39.6 Å². The maximum absolute atomic E-state index is 10.8. The minimum Gasteiger partial charge on any atom is -0.550 e. The fourth-order valence-electron chi connectivity index (χ4n) is 2.21. The molecule has 1 fully saturated rings. The number of carboxylic acid groups (broad SMARTS) is 4. The molecule has 19 heavy (non-hydrogen) atoms. The molecule has 0 radical (unpaired) electrons. The molecule has 1 rings (SSSR count). The number of hydrogen-bond donors (Lipinski definition) is 0. The van der Waals surface area contributed by atoms with Gasteiger partial charge in [-0.15, -0.1) is 0 Å². The van der Waals surface area contributed by atoms with E-state index in [1.807, 2.05) is 0 Å². The van der Waals surface area contributed by atoms with Crippen LogP contribution < -0.4 is 20.4 Å². The van der Waals surface area contributed by atoms with E-state index in [0.29, 0.717) is 0 Å². The summed E-state index contributed by atoms with van der Waals surface area (Å²) in [6, 6.07) is 0. The molecule has 1 aliphatic carbocycles. The van der Waals surface area contributed by atoms with E-state index in [-0.39, 0.29) is 75.5 Å². The van der Waals surface area contributed by atoms with Crippen LogP contribution in [0.25, 0.3) is 0 Å². The van der Waals surface area contributed by atoms with Crippen molar-refractivity contribution in [2.75, 3.05) is 0 Å². The van der Waals surface area contributed by atoms with Crippen LogP contribution in [0.3, 0.4) is 0 Å². The maximum atomic E-state index is 10.8. The number of carbonyl (C=O) groups is 4. The summed E-state index contributed by atoms with van der Waals surface area (Å²) in [4.78, 5) is 43.0. The van der Waals surface area contributed by atoms with Crippen LogP contribution in [0.15, 0.2) is 0 Å². The quantitative estimate of drug-likeness (QED) is 0.364. The molecular weight excluding hydrogens is 316 g/mol. The number of carboxylic acids is 4. The molecule has 1 saturated carbocycles. The Kier molecular flexibility index (Phi) is 9.13. The number of aliphatic carboxylic acids is 4. The Labute approximate surface area is 167 Å². The van der Waals surface area contributed by atoms with Gasteiger partial charge in [0.15, 0.2) is 0 Å². The summed E-state index contributed by atoms with van der Waals surface area (Å²) in [5, 5.41) is 43.0. The molecule has 2 atom stereocenters. The topological polar surface area (TPSA) is 161 Å². The van der Waals surface area contributed by atoms with Crippen LogP contribution in [0, 0.1) is 17.3 Å². The first-order chi connectivity index (χ1) is 7.75. The van der Waals surface area contributed by atoms with Crippen molar-refractivity contribution in [2.24, 2.45) is 17.3 Å². The van der Waals surface area contributed by atoms with Crippen molar-refractivity contribution in [3.05, 3.63) is 0 Å². The zero-order chi connectivity index (χ0) is 13.4. The van der Waals surface area contributed by atoms with E-state index in [2.05, 4.69) is 0 Å². The Hall–Kier alpha value is 0.399. The van der Waals surface area contributed by atoms with E-state index in [0.717, 1.165) is 0 Å². The second kappa shape index (κ2) is 7.99. The zero-order valence-electron chi connectivity index (χ0n) is 9.75. The van der Waals surface area contributed by atoms with Crippen molar-refractivity contribution < 1.29 is 39.6 Å². The second-order valence-electron chi connectivity index (χ2n) is 3.81. The molecular formula is C9H6Ca2O8. The minimum atomic E-state index is -2.89. The Balaban J connectivity index is 0. The van der Waals surface area contributed by atoms with Crippen LogP contribution in [-0.2, 0) is 19.2 Å². The molecule has 0 aromatic carbocycles. The van der Waals surface area contributed by atoms with Gasteiger partial charge in [-0.2, -0.15) is 0 Å². The third-order valence-electron chi connectivity index (χ3n) is 3.07. The third-order valence-corrected chi connectivity index (χ3v) is 3.07. The first kappa shape index (κ1) is 21.7. The number of rotatable bonds is 4. The van der Waals surface area contributed by atoms with Crippen LogP contribution in [0.2, 0.25) is 0 Å². The summed E-state index contributed by atoms with van der Waals surface area (Å²) < 4.78 is 0. The molecule has 2 unspecified atom stereocenters. The van der Waals surface area contributed by atoms with E-state index in [1.165, 1.54) is 0 Å². The molecule has 1 aliphatic rings. The monoisotopic (exact) mass is 322 g/mol. The summed E-state index contributed by atoms with van der Waals surface area (Å²) in [6.07, 6.45) is -1.18. The van der Waals surface area contributed by atoms with Gasteiger partial charge in [0.25, 0.3) is 0 Å². The molecule has 0 bridgehead atoms. The van der Waals surface area contributed by atoms with Crippen molar-refractivity contribution in [1.29, 1.82) is 0 Å². The molecule has 0 spiro atoms. The van der Waals surface area contributed by atoms with Crippen LogP contribution in [0.5, 0.6) is 0 Å². The van der Waals surface area contributed by atoms with Crippen molar-refractivity contribution in [3.63, 3.8) is 0 Å². The molecule has 94 valence electrons. The third kappa shape index (κ3) is 3.73. The van der Waals surface area contributed by atoms with Gasteiger partial charge in [0, 0.05) is 23.8 Å². The maximum Gasteiger partial charge on any atom is 2.00 e. The molecule has 0 saturated heterocycles. The van der Waals surface area contributed by atoms with E-state index in [1.54, 1.807) is 0 Å². The zero-order valence-corrected chi connectivity index (χ0v) is 14.2. The molecule has 0 aromatic heterocycles. The van der Waals surface area contributed by atoms with Gasteiger partial charge in [-0.1, -0.05) is 0 Å². The largest absolute Gasteiger partial charge is 2.00 e. The van der Waals surface area contributed by atoms with Crippen LogP contribution in [-0.4, -0.2) is 99.4 Å². The van der Waals surface area contributed by atoms with Gasteiger partial charge in [-0.3, -0.25) is 0 Å². The van der Waals surface area contributed by atoms with E-state index in [4.69, 9.17) is 0 Å². The SMILES string of the molecule is O=C([O-])C1CCC(C(=O)[O-])(C(=O)[O-])C1C(=O)[O-].[Ca+2].[Ca+2]. The van der Waals surface area contributed by atoms with Gasteiger partial charge in [-0.05, 0) is 12.8 Å². The van der Waals surface area contributed by atoms with Gasteiger partial charge < -0.3 is 39.6 Å². The predicted molar refractivity (Wildman–Crippen MR) is 50.2 cm³/mol. The molecule has 8 nitrogen and oxygen atoms in total. The summed E-state index contributed by atoms with van der Waals surface area (Å²) in [6.45, 7) is 0. The molecule has 0 amide bonds. The molecule has 0 aromatic rings. The number of hydrogen-bond acceptors (Lipinski definition) is 8. The first-order valence-corrected chi connectivity index (χ1v) is 4.59. The molecule has 0 aliphatic heterocycles. The average molecular weight is 322 g/mol. The fraction of sp³-hybridized carbons (Fsp3) is 0.556. The fourth-order valence-corrected chi connectivity index (χ4v) is 2.21. The normalized spacial score (nSPS) is 23.6. The summed E-state index contributed by atoms with van der Waals surface area (Å²) in [7, 11) is 0. The van der Waals surface area contributed by atoms with Crippen LogP contribution in [0.1, 0.15) is 12.8 Å². The van der Waals surface area contributed by atoms with Gasteiger partial charge in [-0.25, -0.2) is 0 Å². The van der Waals surface area contributed by atoms with Gasteiger partial charge in [0.1, 0.15) is 0 Å². The summed E-state index contributed by atoms with van der Waals surface area (Å²) >= 11 is 0. The first-order valence-electron chi connectivity index (χ1n) is 4.59. The Morgan fingerprint density at radius 1 is 0.842 bits per heavy atom.